The standard InChI is InChI=1S/C25H17N2PS/c26-18-22-16-25(29-24-14-8-3-9-15-24)17-23(19-27)28(22,20-10-4-1-5-11-20)21-12-6-2-7-13-21/h1-17H. The van der Waals surface area contributed by atoms with Crippen molar-refractivity contribution in [3.63, 3.8) is 0 Å². The number of allylic oxidation sites excluding steroid dienone is 3. The largest absolute Gasteiger partial charge is 0.192 e. The van der Waals surface area contributed by atoms with Crippen LogP contribution < -0.4 is 10.6 Å². The first-order chi connectivity index (χ1) is 14.3. The van der Waals surface area contributed by atoms with Gasteiger partial charge in [-0.25, -0.2) is 0 Å². The van der Waals surface area contributed by atoms with Crippen molar-refractivity contribution in [1.29, 1.82) is 10.5 Å². The summed E-state index contributed by atoms with van der Waals surface area (Å²) >= 11 is 1.57. The Hall–Kier alpha value is -3.23. The van der Waals surface area contributed by atoms with E-state index in [1.165, 1.54) is 0 Å². The molecule has 0 N–H and O–H groups in total. The van der Waals surface area contributed by atoms with Crippen LogP contribution in [0.1, 0.15) is 0 Å². The SMILES string of the molecule is N#CC1=CC(Sc2ccccc2)=CC(C#N)=P1(c1ccccc1)c1ccccc1. The number of nitrogens with zero attached hydrogens (tertiary/aromatic N) is 2. The van der Waals surface area contributed by atoms with Gasteiger partial charge < -0.3 is 0 Å². The molecule has 0 unspecified atom stereocenters. The van der Waals surface area contributed by atoms with Crippen LogP contribution >= 0.6 is 18.6 Å². The molecule has 4 heteroatoms. The summed E-state index contributed by atoms with van der Waals surface area (Å²) in [6, 6.07) is 34.9. The highest BCUT2D eigenvalue weighted by molar-refractivity contribution is 8.03. The third kappa shape index (κ3) is 3.48. The lowest BCUT2D eigenvalue weighted by molar-refractivity contribution is 1.47. The summed E-state index contributed by atoms with van der Waals surface area (Å²) in [5.74, 6) is 0. The van der Waals surface area contributed by atoms with Crippen LogP contribution in [-0.2, 0) is 0 Å². The zero-order chi connectivity index (χ0) is 20.1. The summed E-state index contributed by atoms with van der Waals surface area (Å²) in [4.78, 5) is 1.99. The Morgan fingerprint density at radius 1 is 0.621 bits per heavy atom. The zero-order valence-corrected chi connectivity index (χ0v) is 17.3. The molecular formula is C25H17N2PS. The fourth-order valence-electron chi connectivity index (χ4n) is 3.54. The summed E-state index contributed by atoms with van der Waals surface area (Å²) in [6.45, 7) is -2.49. The van der Waals surface area contributed by atoms with E-state index in [9.17, 15) is 10.5 Å². The van der Waals surface area contributed by atoms with Crippen molar-refractivity contribution < 1.29 is 0 Å². The van der Waals surface area contributed by atoms with Gasteiger partial charge in [-0.3, -0.25) is 0 Å². The van der Waals surface area contributed by atoms with Gasteiger partial charge in [0.1, 0.15) is 12.1 Å². The van der Waals surface area contributed by atoms with Gasteiger partial charge in [-0.1, -0.05) is 90.6 Å². The van der Waals surface area contributed by atoms with Gasteiger partial charge in [0, 0.05) is 16.7 Å². The minimum atomic E-state index is -2.49. The molecule has 3 aromatic rings. The molecule has 0 bridgehead atoms. The van der Waals surface area contributed by atoms with Crippen LogP contribution in [0.5, 0.6) is 0 Å². The molecule has 0 atom stereocenters. The molecule has 0 amide bonds. The van der Waals surface area contributed by atoms with Gasteiger partial charge in [-0.2, -0.15) is 10.5 Å². The highest BCUT2D eigenvalue weighted by atomic mass is 32.2. The monoisotopic (exact) mass is 408 g/mol. The number of hydrogen-bond acceptors (Lipinski definition) is 3. The normalized spacial score (nSPS) is 14.9. The number of thioether (sulfide) groups is 1. The van der Waals surface area contributed by atoms with Gasteiger partial charge in [0.15, 0.2) is 0 Å². The second-order valence-electron chi connectivity index (χ2n) is 6.44. The van der Waals surface area contributed by atoms with E-state index in [1.54, 1.807) is 11.8 Å². The van der Waals surface area contributed by atoms with Crippen LogP contribution in [0.15, 0.2) is 118 Å². The second kappa shape index (κ2) is 8.42. The maximum absolute atomic E-state index is 10.2. The summed E-state index contributed by atoms with van der Waals surface area (Å²) < 4.78 is 0. The lowest BCUT2D eigenvalue weighted by Crippen LogP contribution is -2.24. The highest BCUT2D eigenvalue weighted by Crippen LogP contribution is 2.57. The predicted molar refractivity (Wildman–Crippen MR) is 124 cm³/mol. The number of rotatable bonds is 4. The first kappa shape index (κ1) is 19.1. The third-order valence-electron chi connectivity index (χ3n) is 4.78. The Balaban J connectivity index is 2.02. The first-order valence-electron chi connectivity index (χ1n) is 9.14. The van der Waals surface area contributed by atoms with Crippen molar-refractivity contribution in [2.45, 2.75) is 4.90 Å². The zero-order valence-electron chi connectivity index (χ0n) is 15.6. The number of hydrogen-bond donors (Lipinski definition) is 0. The van der Waals surface area contributed by atoms with E-state index in [0.717, 1.165) is 20.4 Å². The molecule has 2 nitrogen and oxygen atoms in total. The van der Waals surface area contributed by atoms with Crippen molar-refractivity contribution in [2.24, 2.45) is 0 Å². The molecule has 0 fully saturated rings. The van der Waals surface area contributed by atoms with Gasteiger partial charge in [-0.05, 0) is 34.9 Å². The van der Waals surface area contributed by atoms with E-state index < -0.39 is 6.89 Å². The minimum absolute atomic E-state index is 0.660. The molecule has 29 heavy (non-hydrogen) atoms. The van der Waals surface area contributed by atoms with Crippen LogP contribution in [0.4, 0.5) is 0 Å². The van der Waals surface area contributed by atoms with Crippen LogP contribution in [0.2, 0.25) is 0 Å². The summed E-state index contributed by atoms with van der Waals surface area (Å²) in [7, 11) is 0. The van der Waals surface area contributed by atoms with Crippen molar-refractivity contribution in [1.82, 2.24) is 0 Å². The molecule has 4 rings (SSSR count). The molecule has 1 aliphatic heterocycles. The lowest BCUT2D eigenvalue weighted by Gasteiger charge is -2.31. The van der Waals surface area contributed by atoms with E-state index in [2.05, 4.69) is 12.1 Å². The Morgan fingerprint density at radius 2 is 1.14 bits per heavy atom. The van der Waals surface area contributed by atoms with E-state index in [4.69, 9.17) is 0 Å². The van der Waals surface area contributed by atoms with Crippen molar-refractivity contribution >= 4 is 34.6 Å². The maximum Gasteiger partial charge on any atom is 0.100 e. The van der Waals surface area contributed by atoms with Gasteiger partial charge in [0.2, 0.25) is 0 Å². The van der Waals surface area contributed by atoms with Crippen molar-refractivity contribution in [3.8, 4) is 12.1 Å². The summed E-state index contributed by atoms with van der Waals surface area (Å²) in [6.07, 6.45) is 3.93. The van der Waals surface area contributed by atoms with Crippen LogP contribution in [0.3, 0.4) is 0 Å². The average Bonchev–Trinajstić information content (AvgIpc) is 2.80. The molecule has 1 aliphatic rings. The highest BCUT2D eigenvalue weighted by Gasteiger charge is 2.34. The van der Waals surface area contributed by atoms with Crippen molar-refractivity contribution in [2.75, 3.05) is 0 Å². The molecule has 0 radical (unpaired) electrons. The maximum atomic E-state index is 10.2. The van der Waals surface area contributed by atoms with Crippen LogP contribution in [0, 0.1) is 22.7 Å². The molecule has 0 aromatic heterocycles. The fourth-order valence-corrected chi connectivity index (χ4v) is 8.51. The predicted octanol–water partition coefficient (Wildman–Crippen LogP) is 5.45. The molecule has 3 aromatic carbocycles. The smallest absolute Gasteiger partial charge is 0.100 e. The quantitative estimate of drug-likeness (QED) is 0.540. The fraction of sp³-hybridized carbons (Fsp3) is 0. The van der Waals surface area contributed by atoms with Gasteiger partial charge in [-0.15, -0.1) is 0 Å². The first-order valence-corrected chi connectivity index (χ1v) is 11.7. The van der Waals surface area contributed by atoms with E-state index in [0.29, 0.717) is 10.6 Å². The molecule has 1 heterocycles. The number of nitriles is 2. The summed E-state index contributed by atoms with van der Waals surface area (Å²) in [5, 5.41) is 23.8. The molecule has 0 saturated carbocycles. The molecule has 0 spiro atoms. The number of benzene rings is 3. The van der Waals surface area contributed by atoms with Crippen LogP contribution in [0.25, 0.3) is 0 Å². The van der Waals surface area contributed by atoms with Gasteiger partial charge in [0.25, 0.3) is 0 Å². The molecule has 0 aliphatic carbocycles. The third-order valence-corrected chi connectivity index (χ3v) is 9.80. The lowest BCUT2D eigenvalue weighted by atomic mass is 10.3. The Bertz CT molecular complexity index is 1190. The molecule has 0 saturated heterocycles. The van der Waals surface area contributed by atoms with E-state index in [-0.39, 0.29) is 0 Å². The van der Waals surface area contributed by atoms with Crippen molar-refractivity contribution in [3.05, 3.63) is 113 Å². The van der Waals surface area contributed by atoms with Gasteiger partial charge in [0.05, 0.1) is 10.6 Å². The Morgan fingerprint density at radius 3 is 1.62 bits per heavy atom. The topological polar surface area (TPSA) is 47.6 Å². The van der Waals surface area contributed by atoms with E-state index >= 15 is 0 Å². The second-order valence-corrected chi connectivity index (χ2v) is 10.9. The van der Waals surface area contributed by atoms with E-state index in [1.807, 2.05) is 103 Å². The average molecular weight is 408 g/mol. The molecular weight excluding hydrogens is 391 g/mol. The Labute approximate surface area is 175 Å². The van der Waals surface area contributed by atoms with Crippen LogP contribution in [-0.4, -0.2) is 5.29 Å². The van der Waals surface area contributed by atoms with Gasteiger partial charge >= 0.3 is 0 Å². The Kier molecular flexibility index (Phi) is 5.55. The molecule has 138 valence electrons. The summed E-state index contributed by atoms with van der Waals surface area (Å²) in [5.41, 5.74) is 0. The minimum Gasteiger partial charge on any atom is -0.192 e.